The first-order valence-electron chi connectivity index (χ1n) is 11.2. The summed E-state index contributed by atoms with van der Waals surface area (Å²) < 4.78 is 9.73. The average molecular weight is 491 g/mol. The van der Waals surface area contributed by atoms with E-state index >= 15 is 0 Å². The Kier molecular flexibility index (Phi) is 10.2. The van der Waals surface area contributed by atoms with Gasteiger partial charge in [-0.2, -0.15) is 0 Å². The Hall–Kier alpha value is -3.96. The lowest BCUT2D eigenvalue weighted by Gasteiger charge is -2.30. The number of carbonyl (C=O) groups excluding carboxylic acids is 6. The fraction of sp³-hybridized carbons (Fsp3) is 0.478. The maximum atomic E-state index is 12.6. The van der Waals surface area contributed by atoms with Crippen molar-refractivity contribution in [3.63, 3.8) is 0 Å². The molecule has 1 aliphatic heterocycles. The van der Waals surface area contributed by atoms with Crippen LogP contribution in [-0.4, -0.2) is 66.9 Å². The second-order valence-electron chi connectivity index (χ2n) is 7.83. The third-order valence-corrected chi connectivity index (χ3v) is 5.24. The van der Waals surface area contributed by atoms with E-state index in [0.717, 1.165) is 5.56 Å². The second kappa shape index (κ2) is 13.1. The van der Waals surface area contributed by atoms with E-state index in [9.17, 15) is 28.8 Å². The molecule has 0 aliphatic carbocycles. The van der Waals surface area contributed by atoms with Crippen LogP contribution in [0.1, 0.15) is 32.3 Å². The smallest absolute Gasteiger partial charge is 0.312 e. The summed E-state index contributed by atoms with van der Waals surface area (Å²) in [5.41, 5.74) is 6.23. The van der Waals surface area contributed by atoms with Crippen molar-refractivity contribution >= 4 is 35.6 Å². The van der Waals surface area contributed by atoms with E-state index in [1.807, 2.05) is 30.3 Å². The molecular formula is C23H30N4O8. The molecule has 0 spiro atoms. The highest BCUT2D eigenvalue weighted by Gasteiger charge is 2.39. The molecule has 1 aromatic carbocycles. The number of esters is 2. The van der Waals surface area contributed by atoms with Crippen LogP contribution in [0.25, 0.3) is 0 Å². The number of piperazine rings is 1. The zero-order valence-corrected chi connectivity index (χ0v) is 19.6. The number of benzene rings is 1. The zero-order valence-electron chi connectivity index (χ0n) is 19.6. The van der Waals surface area contributed by atoms with Crippen molar-refractivity contribution in [2.45, 2.75) is 51.2 Å². The minimum absolute atomic E-state index is 0.0317. The van der Waals surface area contributed by atoms with E-state index in [0.29, 0.717) is 0 Å². The highest BCUT2D eigenvalue weighted by molar-refractivity contribution is 6.00. The van der Waals surface area contributed by atoms with Crippen molar-refractivity contribution in [2.24, 2.45) is 11.7 Å². The van der Waals surface area contributed by atoms with Crippen molar-refractivity contribution < 1.29 is 38.2 Å². The van der Waals surface area contributed by atoms with Crippen LogP contribution in [0, 0.1) is 5.92 Å². The molecule has 1 fully saturated rings. The highest BCUT2D eigenvalue weighted by Crippen LogP contribution is 2.15. The largest absolute Gasteiger partial charge is 0.466 e. The quantitative estimate of drug-likeness (QED) is 0.261. The number of rotatable bonds is 12. The van der Waals surface area contributed by atoms with Gasteiger partial charge in [-0.25, -0.2) is 0 Å². The summed E-state index contributed by atoms with van der Waals surface area (Å²) in [4.78, 5) is 74.0. The van der Waals surface area contributed by atoms with Gasteiger partial charge in [-0.15, -0.1) is 0 Å². The van der Waals surface area contributed by atoms with Crippen LogP contribution in [0.5, 0.6) is 0 Å². The number of primary amides is 1. The Bertz CT molecular complexity index is 952. The minimum atomic E-state index is -1.60. The Morgan fingerprint density at radius 1 is 0.971 bits per heavy atom. The van der Waals surface area contributed by atoms with Gasteiger partial charge in [-0.3, -0.25) is 28.8 Å². The third-order valence-electron chi connectivity index (χ3n) is 5.24. The first-order valence-corrected chi connectivity index (χ1v) is 11.2. The monoisotopic (exact) mass is 490 g/mol. The Labute approximate surface area is 202 Å². The van der Waals surface area contributed by atoms with Gasteiger partial charge in [0.15, 0.2) is 0 Å². The fourth-order valence-corrected chi connectivity index (χ4v) is 3.59. The summed E-state index contributed by atoms with van der Waals surface area (Å²) in [5.74, 6) is -6.10. The van der Waals surface area contributed by atoms with Gasteiger partial charge in [-0.1, -0.05) is 30.3 Å². The normalized spacial score (nSPS) is 18.9. The molecule has 1 aliphatic rings. The van der Waals surface area contributed by atoms with Crippen LogP contribution in [0.3, 0.4) is 0 Å². The predicted molar refractivity (Wildman–Crippen MR) is 121 cm³/mol. The molecule has 1 saturated heterocycles. The number of nitrogens with one attached hydrogen (secondary N) is 3. The van der Waals surface area contributed by atoms with Gasteiger partial charge < -0.3 is 31.2 Å². The fourth-order valence-electron chi connectivity index (χ4n) is 3.59. The topological polar surface area (TPSA) is 183 Å². The van der Waals surface area contributed by atoms with Crippen LogP contribution >= 0.6 is 0 Å². The Balaban J connectivity index is 2.04. The van der Waals surface area contributed by atoms with Crippen LogP contribution in [0.2, 0.25) is 0 Å². The number of carbonyl (C=O) groups is 6. The number of hydrogen-bond donors (Lipinski definition) is 4. The molecule has 2 rings (SSSR count). The molecule has 12 nitrogen and oxygen atoms in total. The molecule has 1 aromatic rings. The van der Waals surface area contributed by atoms with E-state index in [4.69, 9.17) is 15.2 Å². The zero-order chi connectivity index (χ0) is 26.0. The molecule has 5 N–H and O–H groups in total. The van der Waals surface area contributed by atoms with Gasteiger partial charge in [0, 0.05) is 6.42 Å². The van der Waals surface area contributed by atoms with E-state index in [1.165, 1.54) is 6.92 Å². The molecule has 4 amide bonds. The lowest BCUT2D eigenvalue weighted by molar-refractivity contribution is -0.157. The van der Waals surface area contributed by atoms with Crippen molar-refractivity contribution in [1.82, 2.24) is 16.0 Å². The maximum absolute atomic E-state index is 12.6. The minimum Gasteiger partial charge on any atom is -0.466 e. The first-order chi connectivity index (χ1) is 16.7. The predicted octanol–water partition coefficient (Wildman–Crippen LogP) is -1.29. The van der Waals surface area contributed by atoms with Crippen LogP contribution in [0.15, 0.2) is 30.3 Å². The Morgan fingerprint density at radius 3 is 2.17 bits per heavy atom. The molecule has 0 radical (unpaired) electrons. The molecule has 35 heavy (non-hydrogen) atoms. The molecule has 12 heteroatoms. The summed E-state index contributed by atoms with van der Waals surface area (Å²) in [5, 5.41) is 7.37. The van der Waals surface area contributed by atoms with Crippen LogP contribution < -0.4 is 21.7 Å². The van der Waals surface area contributed by atoms with E-state index in [2.05, 4.69) is 16.0 Å². The number of nitrogens with two attached hydrogens (primary N) is 1. The lowest BCUT2D eigenvalue weighted by atomic mass is 9.94. The third kappa shape index (κ3) is 8.09. The van der Waals surface area contributed by atoms with Gasteiger partial charge in [0.1, 0.15) is 18.1 Å². The maximum Gasteiger partial charge on any atom is 0.312 e. The summed E-state index contributed by atoms with van der Waals surface area (Å²) in [6, 6.07) is 5.49. The number of amides is 4. The molecule has 0 unspecified atom stereocenters. The van der Waals surface area contributed by atoms with E-state index in [-0.39, 0.29) is 19.6 Å². The van der Waals surface area contributed by atoms with Gasteiger partial charge in [-0.05, 0) is 19.4 Å². The number of ether oxygens (including phenoxy) is 2. The van der Waals surface area contributed by atoms with E-state index in [1.54, 1.807) is 6.92 Å². The molecule has 1 heterocycles. The molecule has 0 bridgehead atoms. The SMILES string of the molecule is CCOC(=O)C[C@@H](C(=O)OCC)[C@@H](NC(=O)C[C@@H]1NC(=O)[C@H](Cc2ccccc2)NC1=O)C(N)=O. The molecule has 190 valence electrons. The first kappa shape index (κ1) is 27.3. The summed E-state index contributed by atoms with van der Waals surface area (Å²) >= 11 is 0. The van der Waals surface area contributed by atoms with Gasteiger partial charge in [0.2, 0.25) is 23.6 Å². The van der Waals surface area contributed by atoms with Crippen LogP contribution in [0.4, 0.5) is 0 Å². The highest BCUT2D eigenvalue weighted by atomic mass is 16.5. The van der Waals surface area contributed by atoms with Crippen molar-refractivity contribution in [2.75, 3.05) is 13.2 Å². The molecular weight excluding hydrogens is 460 g/mol. The Morgan fingerprint density at radius 2 is 1.57 bits per heavy atom. The summed E-state index contributed by atoms with van der Waals surface area (Å²) in [7, 11) is 0. The van der Waals surface area contributed by atoms with Crippen molar-refractivity contribution in [3.8, 4) is 0 Å². The number of hydrogen-bond acceptors (Lipinski definition) is 8. The standard InChI is InChI=1S/C23H30N4O8/c1-3-34-18(29)11-14(23(33)35-4-2)19(20(24)30)27-17(28)12-16-22(32)25-15(21(31)26-16)10-13-8-6-5-7-9-13/h5-9,14-16,19H,3-4,10-12H2,1-2H3,(H2,24,30)(H,25,32)(H,26,31)(H,27,28)/t14-,15+,16+,19-/m1/s1. The molecule has 0 saturated carbocycles. The van der Waals surface area contributed by atoms with Gasteiger partial charge in [0.25, 0.3) is 0 Å². The lowest BCUT2D eigenvalue weighted by Crippen LogP contribution is -2.63. The second-order valence-corrected chi connectivity index (χ2v) is 7.83. The van der Waals surface area contributed by atoms with E-state index < -0.39 is 72.5 Å². The molecule has 0 aromatic heterocycles. The van der Waals surface area contributed by atoms with Crippen LogP contribution in [-0.2, 0) is 44.7 Å². The van der Waals surface area contributed by atoms with Crippen molar-refractivity contribution in [1.29, 1.82) is 0 Å². The van der Waals surface area contributed by atoms with Gasteiger partial charge in [0.05, 0.1) is 32.0 Å². The van der Waals surface area contributed by atoms with Crippen molar-refractivity contribution in [3.05, 3.63) is 35.9 Å². The average Bonchev–Trinajstić information content (AvgIpc) is 2.80. The van der Waals surface area contributed by atoms with Gasteiger partial charge >= 0.3 is 11.9 Å². The molecule has 4 atom stereocenters. The summed E-state index contributed by atoms with van der Waals surface area (Å²) in [6.45, 7) is 3.12. The summed E-state index contributed by atoms with van der Waals surface area (Å²) in [6.07, 6.45) is -0.799.